The third-order valence-electron chi connectivity index (χ3n) is 4.25. The second-order valence-corrected chi connectivity index (χ2v) is 8.09. The standard InChI is InChI=1S/C18H36N2O2/c1-15(2)8-7-10-20-12-13-22-16(14-20)9-11-19(6)17(21)18(3,4)5/h15-16H,7-14H2,1-6H3/t16-/m0/s1. The Morgan fingerprint density at radius 1 is 1.36 bits per heavy atom. The van der Waals surface area contributed by atoms with Crippen LogP contribution < -0.4 is 0 Å². The van der Waals surface area contributed by atoms with Gasteiger partial charge in [0.1, 0.15) is 0 Å². The van der Waals surface area contributed by atoms with Gasteiger partial charge in [-0.2, -0.15) is 0 Å². The Balaban J connectivity index is 2.29. The first kappa shape index (κ1) is 19.4. The first-order valence-corrected chi connectivity index (χ1v) is 8.79. The molecule has 1 aliphatic heterocycles. The summed E-state index contributed by atoms with van der Waals surface area (Å²) in [4.78, 5) is 16.5. The van der Waals surface area contributed by atoms with E-state index in [0.717, 1.165) is 38.6 Å². The molecule has 1 amide bonds. The lowest BCUT2D eigenvalue weighted by molar-refractivity contribution is -0.138. The van der Waals surface area contributed by atoms with Gasteiger partial charge in [-0.25, -0.2) is 0 Å². The van der Waals surface area contributed by atoms with Gasteiger partial charge >= 0.3 is 0 Å². The van der Waals surface area contributed by atoms with E-state index >= 15 is 0 Å². The zero-order valence-corrected chi connectivity index (χ0v) is 15.5. The SMILES string of the molecule is CC(C)CCCN1CCO[C@@H](CCN(C)C(=O)C(C)(C)C)C1. The molecule has 0 N–H and O–H groups in total. The highest BCUT2D eigenvalue weighted by atomic mass is 16.5. The molecule has 4 heteroatoms. The van der Waals surface area contributed by atoms with Crippen molar-refractivity contribution in [3.05, 3.63) is 0 Å². The number of carbonyl (C=O) groups excluding carboxylic acids is 1. The highest BCUT2D eigenvalue weighted by Gasteiger charge is 2.26. The van der Waals surface area contributed by atoms with E-state index in [1.807, 2.05) is 32.7 Å². The largest absolute Gasteiger partial charge is 0.375 e. The second kappa shape index (κ2) is 8.88. The average molecular weight is 312 g/mol. The van der Waals surface area contributed by atoms with Crippen LogP contribution in [-0.4, -0.2) is 61.6 Å². The van der Waals surface area contributed by atoms with E-state index in [-0.39, 0.29) is 17.4 Å². The van der Waals surface area contributed by atoms with E-state index in [0.29, 0.717) is 0 Å². The highest BCUT2D eigenvalue weighted by molar-refractivity contribution is 5.81. The number of amides is 1. The van der Waals surface area contributed by atoms with Gasteiger partial charge in [-0.15, -0.1) is 0 Å². The minimum atomic E-state index is -0.301. The van der Waals surface area contributed by atoms with Crippen molar-refractivity contribution in [2.24, 2.45) is 11.3 Å². The molecule has 0 saturated carbocycles. The van der Waals surface area contributed by atoms with E-state index in [2.05, 4.69) is 18.7 Å². The summed E-state index contributed by atoms with van der Waals surface area (Å²) in [6.07, 6.45) is 3.76. The summed E-state index contributed by atoms with van der Waals surface area (Å²) in [6, 6.07) is 0. The monoisotopic (exact) mass is 312 g/mol. The van der Waals surface area contributed by atoms with Crippen LogP contribution in [0.15, 0.2) is 0 Å². The van der Waals surface area contributed by atoms with Crippen LogP contribution in [0.3, 0.4) is 0 Å². The molecule has 4 nitrogen and oxygen atoms in total. The minimum absolute atomic E-state index is 0.206. The molecule has 0 aromatic carbocycles. The molecule has 130 valence electrons. The average Bonchev–Trinajstić information content (AvgIpc) is 2.43. The van der Waals surface area contributed by atoms with E-state index in [9.17, 15) is 4.79 Å². The van der Waals surface area contributed by atoms with Crippen LogP contribution in [0.4, 0.5) is 0 Å². The summed E-state index contributed by atoms with van der Waals surface area (Å²) >= 11 is 0. The summed E-state index contributed by atoms with van der Waals surface area (Å²) < 4.78 is 5.87. The first-order chi connectivity index (χ1) is 10.2. The molecule has 1 rings (SSSR count). The molecule has 0 aliphatic carbocycles. The molecule has 0 aromatic rings. The van der Waals surface area contributed by atoms with Gasteiger partial charge in [0.15, 0.2) is 0 Å². The van der Waals surface area contributed by atoms with E-state index in [4.69, 9.17) is 4.74 Å². The van der Waals surface area contributed by atoms with Crippen molar-refractivity contribution in [3.63, 3.8) is 0 Å². The van der Waals surface area contributed by atoms with Crippen molar-refractivity contribution >= 4 is 5.91 Å². The van der Waals surface area contributed by atoms with Crippen LogP contribution in [0.2, 0.25) is 0 Å². The molecule has 1 atom stereocenters. The van der Waals surface area contributed by atoms with Gasteiger partial charge in [-0.1, -0.05) is 34.6 Å². The maximum Gasteiger partial charge on any atom is 0.227 e. The fraction of sp³-hybridized carbons (Fsp3) is 0.944. The fourth-order valence-electron chi connectivity index (χ4n) is 2.89. The summed E-state index contributed by atoms with van der Waals surface area (Å²) in [5.41, 5.74) is -0.301. The molecular formula is C18H36N2O2. The Bertz CT molecular complexity index is 336. The molecule has 0 bridgehead atoms. The van der Waals surface area contributed by atoms with Gasteiger partial charge in [0.2, 0.25) is 5.91 Å². The minimum Gasteiger partial charge on any atom is -0.375 e. The smallest absolute Gasteiger partial charge is 0.227 e. The molecule has 0 aromatic heterocycles. The van der Waals surface area contributed by atoms with E-state index < -0.39 is 0 Å². The van der Waals surface area contributed by atoms with Crippen LogP contribution in [0.1, 0.15) is 53.9 Å². The highest BCUT2D eigenvalue weighted by Crippen LogP contribution is 2.17. The number of carbonyl (C=O) groups is 1. The first-order valence-electron chi connectivity index (χ1n) is 8.79. The fourth-order valence-corrected chi connectivity index (χ4v) is 2.89. The van der Waals surface area contributed by atoms with Gasteiger partial charge in [0, 0.05) is 32.1 Å². The number of nitrogens with zero attached hydrogens (tertiary/aromatic N) is 2. The lowest BCUT2D eigenvalue weighted by Crippen LogP contribution is -2.45. The number of hydrogen-bond acceptors (Lipinski definition) is 3. The predicted octanol–water partition coefficient (Wildman–Crippen LogP) is 3.02. The van der Waals surface area contributed by atoms with Gasteiger partial charge in [0.25, 0.3) is 0 Å². The van der Waals surface area contributed by atoms with Crippen LogP contribution >= 0.6 is 0 Å². The Labute approximate surface area is 137 Å². The summed E-state index contributed by atoms with van der Waals surface area (Å²) in [6.45, 7) is 15.3. The molecule has 1 saturated heterocycles. The molecule has 1 aliphatic rings. The van der Waals surface area contributed by atoms with Crippen molar-refractivity contribution in [3.8, 4) is 0 Å². The van der Waals surface area contributed by atoms with Crippen LogP contribution in [0.5, 0.6) is 0 Å². The van der Waals surface area contributed by atoms with Gasteiger partial charge in [-0.05, 0) is 31.7 Å². The quantitative estimate of drug-likeness (QED) is 0.724. The predicted molar refractivity (Wildman–Crippen MR) is 92.0 cm³/mol. The number of rotatable bonds is 7. The van der Waals surface area contributed by atoms with Crippen LogP contribution in [-0.2, 0) is 9.53 Å². The summed E-state index contributed by atoms with van der Waals surface area (Å²) in [7, 11) is 1.90. The topological polar surface area (TPSA) is 32.8 Å². The molecule has 1 heterocycles. The molecule has 0 radical (unpaired) electrons. The van der Waals surface area contributed by atoms with Crippen LogP contribution in [0, 0.1) is 11.3 Å². The van der Waals surface area contributed by atoms with Gasteiger partial charge in [-0.3, -0.25) is 9.69 Å². The second-order valence-electron chi connectivity index (χ2n) is 8.09. The number of hydrogen-bond donors (Lipinski definition) is 0. The normalized spacial score (nSPS) is 20.4. The molecule has 1 fully saturated rings. The maximum atomic E-state index is 12.2. The Kier molecular flexibility index (Phi) is 7.84. The third-order valence-corrected chi connectivity index (χ3v) is 4.25. The third kappa shape index (κ3) is 7.10. The zero-order valence-electron chi connectivity index (χ0n) is 15.5. The van der Waals surface area contributed by atoms with Crippen molar-refractivity contribution in [1.82, 2.24) is 9.80 Å². The lowest BCUT2D eigenvalue weighted by atomic mass is 9.95. The summed E-state index contributed by atoms with van der Waals surface area (Å²) in [5, 5.41) is 0. The number of morpholine rings is 1. The van der Waals surface area contributed by atoms with Crippen LogP contribution in [0.25, 0.3) is 0 Å². The van der Waals surface area contributed by atoms with Crippen molar-refractivity contribution in [2.75, 3.05) is 39.8 Å². The summed E-state index contributed by atoms with van der Waals surface area (Å²) in [5.74, 6) is 0.992. The Morgan fingerprint density at radius 2 is 2.05 bits per heavy atom. The maximum absolute atomic E-state index is 12.2. The van der Waals surface area contributed by atoms with Crippen molar-refractivity contribution in [1.29, 1.82) is 0 Å². The van der Waals surface area contributed by atoms with E-state index in [1.54, 1.807) is 0 Å². The Hall–Kier alpha value is -0.610. The number of ether oxygens (including phenoxy) is 1. The van der Waals surface area contributed by atoms with E-state index in [1.165, 1.54) is 19.4 Å². The van der Waals surface area contributed by atoms with Gasteiger partial charge in [0.05, 0.1) is 12.7 Å². The molecule has 22 heavy (non-hydrogen) atoms. The van der Waals surface area contributed by atoms with Crippen molar-refractivity contribution < 1.29 is 9.53 Å². The zero-order chi connectivity index (χ0) is 16.8. The molecular weight excluding hydrogens is 276 g/mol. The van der Waals surface area contributed by atoms with Crippen molar-refractivity contribution in [2.45, 2.75) is 60.0 Å². The molecule has 0 unspecified atom stereocenters. The lowest BCUT2D eigenvalue weighted by Gasteiger charge is -2.34. The Morgan fingerprint density at radius 3 is 2.64 bits per heavy atom. The molecule has 0 spiro atoms. The van der Waals surface area contributed by atoms with Gasteiger partial charge < -0.3 is 9.64 Å².